The molecule has 3 aromatic carbocycles. The fourth-order valence-corrected chi connectivity index (χ4v) is 7.84. The van der Waals surface area contributed by atoms with Crippen molar-refractivity contribution in [3.63, 3.8) is 0 Å². The zero-order valence-corrected chi connectivity index (χ0v) is 25.4. The van der Waals surface area contributed by atoms with Gasteiger partial charge in [0, 0.05) is 40.5 Å². The Labute approximate surface area is 249 Å². The van der Waals surface area contributed by atoms with Crippen LogP contribution in [-0.2, 0) is 30.6 Å². The van der Waals surface area contributed by atoms with Gasteiger partial charge >= 0.3 is 0 Å². The zero-order chi connectivity index (χ0) is 29.8. The molecule has 1 fully saturated rings. The molecule has 1 amide bonds. The molecule has 14 heteroatoms. The molecular formula is C27H29Cl2N3O7S2. The van der Waals surface area contributed by atoms with Crippen LogP contribution in [0, 0.1) is 5.92 Å². The molecule has 1 heterocycles. The third kappa shape index (κ3) is 7.44. The maximum atomic E-state index is 13.1. The SMILES string of the molecule is COc1ccc(OC)c(NS(=O)(=O)c2ccc(NC(=O)[C@H]3CCCN(S(=O)(=O)Cc4c(Cl)cccc4Cl)C3)cc2)c1. The highest BCUT2D eigenvalue weighted by Gasteiger charge is 2.33. The number of ether oxygens (including phenoxy) is 2. The Morgan fingerprint density at radius 3 is 2.29 bits per heavy atom. The molecule has 220 valence electrons. The van der Waals surface area contributed by atoms with E-state index in [9.17, 15) is 21.6 Å². The average molecular weight is 643 g/mol. The molecule has 2 N–H and O–H groups in total. The van der Waals surface area contributed by atoms with Crippen molar-refractivity contribution in [2.24, 2.45) is 5.92 Å². The van der Waals surface area contributed by atoms with E-state index in [1.165, 1.54) is 48.9 Å². The molecule has 41 heavy (non-hydrogen) atoms. The number of rotatable bonds is 10. The lowest BCUT2D eigenvalue weighted by atomic mass is 9.99. The molecule has 0 spiro atoms. The molecule has 1 aliphatic rings. The highest BCUT2D eigenvalue weighted by molar-refractivity contribution is 7.92. The van der Waals surface area contributed by atoms with Crippen LogP contribution in [0.1, 0.15) is 18.4 Å². The number of anilines is 2. The van der Waals surface area contributed by atoms with Crippen molar-refractivity contribution < 1.29 is 31.1 Å². The van der Waals surface area contributed by atoms with Crippen LogP contribution in [0.2, 0.25) is 10.0 Å². The molecule has 3 aromatic rings. The standard InChI is InChI=1S/C27H29Cl2N3O7S2/c1-38-20-10-13-26(39-2)25(15-20)31-41(36,37)21-11-8-19(9-12-21)30-27(33)18-5-4-14-32(16-18)40(34,35)17-22-23(28)6-3-7-24(22)29/h3,6-13,15,18,31H,4-5,14,16-17H2,1-2H3,(H,30,33)/t18-/m0/s1. The van der Waals surface area contributed by atoms with Crippen LogP contribution in [-0.4, -0.2) is 54.4 Å². The fourth-order valence-electron chi connectivity index (χ4n) is 4.41. The summed E-state index contributed by atoms with van der Waals surface area (Å²) in [5, 5.41) is 3.28. The second-order valence-electron chi connectivity index (χ2n) is 9.34. The molecular weight excluding hydrogens is 613 g/mol. The van der Waals surface area contributed by atoms with Crippen molar-refractivity contribution in [3.8, 4) is 11.5 Å². The topological polar surface area (TPSA) is 131 Å². The third-order valence-electron chi connectivity index (χ3n) is 6.62. The van der Waals surface area contributed by atoms with Crippen molar-refractivity contribution >= 4 is 60.5 Å². The maximum absolute atomic E-state index is 13.1. The number of methoxy groups -OCH3 is 2. The number of halogens is 2. The zero-order valence-electron chi connectivity index (χ0n) is 22.3. The molecule has 0 unspecified atom stereocenters. The quantitative estimate of drug-likeness (QED) is 0.319. The van der Waals surface area contributed by atoms with Gasteiger partial charge < -0.3 is 14.8 Å². The van der Waals surface area contributed by atoms with Gasteiger partial charge in [-0.25, -0.2) is 21.1 Å². The minimum atomic E-state index is -3.98. The summed E-state index contributed by atoms with van der Waals surface area (Å²) in [5.41, 5.74) is 0.894. The van der Waals surface area contributed by atoms with E-state index < -0.39 is 26.0 Å². The van der Waals surface area contributed by atoms with Crippen LogP contribution >= 0.6 is 23.2 Å². The van der Waals surface area contributed by atoms with Gasteiger partial charge in [0.2, 0.25) is 15.9 Å². The van der Waals surface area contributed by atoms with Gasteiger partial charge in [-0.15, -0.1) is 0 Å². The molecule has 1 atom stereocenters. The Balaban J connectivity index is 1.41. The number of nitrogens with zero attached hydrogens (tertiary/aromatic N) is 1. The van der Waals surface area contributed by atoms with E-state index in [2.05, 4.69) is 10.0 Å². The van der Waals surface area contributed by atoms with E-state index in [-0.39, 0.29) is 45.4 Å². The van der Waals surface area contributed by atoms with Crippen LogP contribution in [0.3, 0.4) is 0 Å². The highest BCUT2D eigenvalue weighted by Crippen LogP contribution is 2.32. The first-order valence-electron chi connectivity index (χ1n) is 12.5. The fraction of sp³-hybridized carbons (Fsp3) is 0.296. The summed E-state index contributed by atoms with van der Waals surface area (Å²) in [6.45, 7) is 0.292. The number of hydrogen-bond acceptors (Lipinski definition) is 7. The van der Waals surface area contributed by atoms with Crippen LogP contribution in [0.15, 0.2) is 65.6 Å². The Morgan fingerprint density at radius 2 is 1.66 bits per heavy atom. The Morgan fingerprint density at radius 1 is 0.976 bits per heavy atom. The number of amides is 1. The first-order valence-corrected chi connectivity index (χ1v) is 16.3. The lowest BCUT2D eigenvalue weighted by Gasteiger charge is -2.31. The van der Waals surface area contributed by atoms with Gasteiger partial charge in [-0.2, -0.15) is 0 Å². The largest absolute Gasteiger partial charge is 0.497 e. The Hall–Kier alpha value is -3.03. The number of nitrogens with one attached hydrogen (secondary N) is 2. The number of piperidine rings is 1. The van der Waals surface area contributed by atoms with E-state index in [0.29, 0.717) is 35.6 Å². The molecule has 1 saturated heterocycles. The Bertz CT molecular complexity index is 1610. The van der Waals surface area contributed by atoms with Crippen molar-refractivity contribution in [1.29, 1.82) is 0 Å². The first kappa shape index (κ1) is 30.9. The third-order valence-corrected chi connectivity index (χ3v) is 10.5. The summed E-state index contributed by atoms with van der Waals surface area (Å²) in [5.74, 6) is -0.563. The van der Waals surface area contributed by atoms with Gasteiger partial charge in [0.15, 0.2) is 0 Å². The minimum absolute atomic E-state index is 0.00892. The molecule has 0 aliphatic carbocycles. The summed E-state index contributed by atoms with van der Waals surface area (Å²) in [6, 6.07) is 15.2. The van der Waals surface area contributed by atoms with Crippen molar-refractivity contribution in [1.82, 2.24) is 4.31 Å². The number of carbonyl (C=O) groups is 1. The monoisotopic (exact) mass is 641 g/mol. The van der Waals surface area contributed by atoms with Gasteiger partial charge in [-0.3, -0.25) is 9.52 Å². The molecule has 1 aliphatic heterocycles. The van der Waals surface area contributed by atoms with E-state index >= 15 is 0 Å². The van der Waals surface area contributed by atoms with Crippen LogP contribution in [0.25, 0.3) is 0 Å². The lowest BCUT2D eigenvalue weighted by Crippen LogP contribution is -2.44. The van der Waals surface area contributed by atoms with Gasteiger partial charge in [0.1, 0.15) is 11.5 Å². The summed E-state index contributed by atoms with van der Waals surface area (Å²) >= 11 is 12.3. The normalized spacial score (nSPS) is 16.1. The summed E-state index contributed by atoms with van der Waals surface area (Å²) in [4.78, 5) is 13.0. The van der Waals surface area contributed by atoms with E-state index in [4.69, 9.17) is 32.7 Å². The van der Waals surface area contributed by atoms with Crippen molar-refractivity contribution in [2.75, 3.05) is 37.3 Å². The summed E-state index contributed by atoms with van der Waals surface area (Å²) in [6.07, 6.45) is 1.01. The second-order valence-corrected chi connectivity index (χ2v) is 13.8. The maximum Gasteiger partial charge on any atom is 0.262 e. The van der Waals surface area contributed by atoms with Crippen molar-refractivity contribution in [3.05, 3.63) is 76.3 Å². The van der Waals surface area contributed by atoms with E-state index in [0.717, 1.165) is 0 Å². The van der Waals surface area contributed by atoms with Gasteiger partial charge in [0.25, 0.3) is 10.0 Å². The summed E-state index contributed by atoms with van der Waals surface area (Å²) in [7, 11) is -4.88. The smallest absolute Gasteiger partial charge is 0.262 e. The number of hydrogen-bond donors (Lipinski definition) is 2. The minimum Gasteiger partial charge on any atom is -0.497 e. The number of sulfonamides is 2. The molecule has 0 saturated carbocycles. The number of carbonyl (C=O) groups excluding carboxylic acids is 1. The van der Waals surface area contributed by atoms with Gasteiger partial charge in [0.05, 0.1) is 36.5 Å². The molecule has 0 aromatic heterocycles. The van der Waals surface area contributed by atoms with Crippen LogP contribution in [0.4, 0.5) is 11.4 Å². The van der Waals surface area contributed by atoms with E-state index in [1.54, 1.807) is 30.3 Å². The molecule has 4 rings (SSSR count). The number of benzene rings is 3. The summed E-state index contributed by atoms with van der Waals surface area (Å²) < 4.78 is 66.4. The average Bonchev–Trinajstić information content (AvgIpc) is 2.95. The van der Waals surface area contributed by atoms with Crippen LogP contribution in [0.5, 0.6) is 11.5 Å². The predicted molar refractivity (Wildman–Crippen MR) is 159 cm³/mol. The highest BCUT2D eigenvalue weighted by atomic mass is 35.5. The van der Waals surface area contributed by atoms with Gasteiger partial charge in [-0.05, 0) is 61.4 Å². The Kier molecular flexibility index (Phi) is 9.70. The predicted octanol–water partition coefficient (Wildman–Crippen LogP) is 4.99. The lowest BCUT2D eigenvalue weighted by molar-refractivity contribution is -0.120. The second kappa shape index (κ2) is 12.9. The van der Waals surface area contributed by atoms with Crippen LogP contribution < -0.4 is 19.5 Å². The molecule has 10 nitrogen and oxygen atoms in total. The first-order chi connectivity index (χ1) is 19.4. The molecule has 0 radical (unpaired) electrons. The van der Waals surface area contributed by atoms with Crippen molar-refractivity contribution in [2.45, 2.75) is 23.5 Å². The van der Waals surface area contributed by atoms with Gasteiger partial charge in [-0.1, -0.05) is 29.3 Å². The molecule has 0 bridgehead atoms. The van der Waals surface area contributed by atoms with E-state index in [1.807, 2.05) is 0 Å².